The van der Waals surface area contributed by atoms with E-state index in [4.69, 9.17) is 9.68 Å². The number of nitrogens with zero attached hydrogens (tertiary/aromatic N) is 3. The number of hydrogen-bond donors (Lipinski definition) is 1. The molecule has 5 heteroatoms. The third-order valence-corrected chi connectivity index (χ3v) is 5.16. The molecule has 0 fully saturated rings. The van der Waals surface area contributed by atoms with E-state index in [1.807, 2.05) is 30.3 Å². The van der Waals surface area contributed by atoms with Gasteiger partial charge in [-0.05, 0) is 48.6 Å². The summed E-state index contributed by atoms with van der Waals surface area (Å²) < 4.78 is 5.79. The number of aryl methyl sites for hydroxylation is 1. The second kappa shape index (κ2) is 9.34. The van der Waals surface area contributed by atoms with E-state index in [0.717, 1.165) is 36.8 Å². The number of hydrogen-bond acceptors (Lipinski definition) is 5. The number of aliphatic hydroxyl groups excluding tert-OH is 1. The monoisotopic (exact) mass is 397 g/mol. The minimum atomic E-state index is -0.735. The number of rotatable bonds is 8. The number of pyridine rings is 1. The summed E-state index contributed by atoms with van der Waals surface area (Å²) in [5, 5.41) is 19.6. The Balaban J connectivity index is 1.36. The van der Waals surface area contributed by atoms with Crippen LogP contribution >= 0.6 is 0 Å². The fourth-order valence-electron chi connectivity index (χ4n) is 3.52. The van der Waals surface area contributed by atoms with Crippen LogP contribution in [-0.2, 0) is 6.42 Å². The van der Waals surface area contributed by atoms with Gasteiger partial charge in [0.05, 0.1) is 11.6 Å². The summed E-state index contributed by atoms with van der Waals surface area (Å²) in [5.74, 6) is 0.309. The van der Waals surface area contributed by atoms with Crippen LogP contribution in [0.15, 0.2) is 71.3 Å². The van der Waals surface area contributed by atoms with Crippen LogP contribution in [0.2, 0.25) is 0 Å². The molecular weight excluding hydrogens is 374 g/mol. The van der Waals surface area contributed by atoms with Crippen molar-refractivity contribution in [3.05, 3.63) is 83.9 Å². The van der Waals surface area contributed by atoms with Gasteiger partial charge < -0.3 is 9.52 Å². The number of oxazole rings is 1. The Morgan fingerprint density at radius 3 is 2.67 bits per heavy atom. The average Bonchev–Trinajstić information content (AvgIpc) is 3.23. The Morgan fingerprint density at radius 1 is 0.967 bits per heavy atom. The lowest BCUT2D eigenvalue weighted by molar-refractivity contribution is 0.133. The molecule has 0 aliphatic rings. The maximum absolute atomic E-state index is 10.5. The van der Waals surface area contributed by atoms with Crippen LogP contribution in [0.4, 0.5) is 0 Å². The van der Waals surface area contributed by atoms with E-state index in [9.17, 15) is 5.11 Å². The van der Waals surface area contributed by atoms with Gasteiger partial charge >= 0.3 is 0 Å². The van der Waals surface area contributed by atoms with E-state index in [-0.39, 0.29) is 0 Å². The van der Waals surface area contributed by atoms with Crippen molar-refractivity contribution >= 4 is 11.2 Å². The normalized spacial score (nSPS) is 12.0. The molecular formula is C25H23N3O2. The van der Waals surface area contributed by atoms with Gasteiger partial charge in [-0.25, -0.2) is 4.98 Å². The zero-order valence-electron chi connectivity index (χ0n) is 16.7. The molecule has 2 aromatic heterocycles. The number of aliphatic hydroxyl groups is 1. The minimum absolute atomic E-state index is 0.309. The first-order valence-electron chi connectivity index (χ1n) is 10.2. The third-order valence-electron chi connectivity index (χ3n) is 5.16. The maximum atomic E-state index is 10.5. The van der Waals surface area contributed by atoms with Gasteiger partial charge in [0.1, 0.15) is 6.10 Å². The molecule has 4 aromatic rings. The van der Waals surface area contributed by atoms with Crippen molar-refractivity contribution in [3.8, 4) is 17.2 Å². The zero-order chi connectivity index (χ0) is 20.8. The van der Waals surface area contributed by atoms with Gasteiger partial charge in [0.2, 0.25) is 5.89 Å². The lowest BCUT2D eigenvalue weighted by Gasteiger charge is -2.06. The molecule has 0 radical (unpaired) electrons. The van der Waals surface area contributed by atoms with Crippen LogP contribution in [0.3, 0.4) is 0 Å². The Bertz CT molecular complexity index is 1160. The van der Waals surface area contributed by atoms with Crippen molar-refractivity contribution in [1.82, 2.24) is 9.97 Å². The lowest BCUT2D eigenvalue weighted by Crippen LogP contribution is -1.98. The van der Waals surface area contributed by atoms with Crippen molar-refractivity contribution in [1.29, 1.82) is 5.26 Å². The second-order valence-corrected chi connectivity index (χ2v) is 7.39. The first kappa shape index (κ1) is 19.8. The number of benzene rings is 2. The molecule has 150 valence electrons. The van der Waals surface area contributed by atoms with Crippen LogP contribution in [0.1, 0.15) is 48.8 Å². The summed E-state index contributed by atoms with van der Waals surface area (Å²) in [6.07, 6.45) is 5.69. The Morgan fingerprint density at radius 2 is 1.83 bits per heavy atom. The third kappa shape index (κ3) is 4.73. The highest BCUT2D eigenvalue weighted by Gasteiger charge is 2.16. The lowest BCUT2D eigenvalue weighted by atomic mass is 10.0. The summed E-state index contributed by atoms with van der Waals surface area (Å²) in [6, 6.07) is 21.8. The molecule has 1 atom stereocenters. The van der Waals surface area contributed by atoms with Crippen LogP contribution in [0, 0.1) is 11.3 Å². The summed E-state index contributed by atoms with van der Waals surface area (Å²) in [7, 11) is 0. The molecule has 2 heterocycles. The number of fused-ring (bicyclic) bond motifs is 1. The van der Waals surface area contributed by atoms with Crippen molar-refractivity contribution in [2.45, 2.75) is 38.2 Å². The fourth-order valence-corrected chi connectivity index (χ4v) is 3.52. The topological polar surface area (TPSA) is 82.9 Å². The van der Waals surface area contributed by atoms with Crippen molar-refractivity contribution in [2.24, 2.45) is 0 Å². The molecule has 0 aliphatic carbocycles. The van der Waals surface area contributed by atoms with Crippen molar-refractivity contribution in [3.63, 3.8) is 0 Å². The standard InChI is InChI=1S/C25H23N3O2/c26-16-19-11-7-12-20(14-19)21-15-23-24(27-17-21)28-25(30-23)22(29)13-6-2-5-10-18-8-3-1-4-9-18/h1,3-4,7-9,11-12,14-15,17,22,29H,2,5-6,10,13H2. The first-order chi connectivity index (χ1) is 14.7. The van der Waals surface area contributed by atoms with E-state index < -0.39 is 6.10 Å². The van der Waals surface area contributed by atoms with E-state index in [1.165, 1.54) is 5.56 Å². The summed E-state index contributed by atoms with van der Waals surface area (Å²) in [4.78, 5) is 8.71. The zero-order valence-corrected chi connectivity index (χ0v) is 16.7. The predicted molar refractivity (Wildman–Crippen MR) is 116 cm³/mol. The predicted octanol–water partition coefficient (Wildman–Crippen LogP) is 5.60. The molecule has 0 bridgehead atoms. The maximum Gasteiger partial charge on any atom is 0.225 e. The molecule has 30 heavy (non-hydrogen) atoms. The van der Waals surface area contributed by atoms with Crippen LogP contribution in [0.5, 0.6) is 0 Å². The largest absolute Gasteiger partial charge is 0.436 e. The number of unbranched alkanes of at least 4 members (excludes halogenated alkanes) is 2. The fraction of sp³-hybridized carbons (Fsp3) is 0.240. The van der Waals surface area contributed by atoms with E-state index in [2.05, 4.69) is 40.3 Å². The molecule has 0 amide bonds. The Hall–Kier alpha value is -3.49. The van der Waals surface area contributed by atoms with Crippen LogP contribution < -0.4 is 0 Å². The van der Waals surface area contributed by atoms with Gasteiger partial charge in [0.25, 0.3) is 0 Å². The van der Waals surface area contributed by atoms with Gasteiger partial charge in [-0.2, -0.15) is 10.2 Å². The van der Waals surface area contributed by atoms with E-state index in [0.29, 0.717) is 29.1 Å². The molecule has 0 spiro atoms. The first-order valence-corrected chi connectivity index (χ1v) is 10.2. The number of aromatic nitrogens is 2. The summed E-state index contributed by atoms with van der Waals surface area (Å²) >= 11 is 0. The Labute approximate surface area is 175 Å². The van der Waals surface area contributed by atoms with Gasteiger partial charge in [-0.15, -0.1) is 0 Å². The molecule has 2 aromatic carbocycles. The smallest absolute Gasteiger partial charge is 0.225 e. The van der Waals surface area contributed by atoms with Gasteiger partial charge in [0, 0.05) is 11.8 Å². The van der Waals surface area contributed by atoms with Gasteiger partial charge in [-0.3, -0.25) is 0 Å². The molecule has 1 unspecified atom stereocenters. The van der Waals surface area contributed by atoms with Crippen LogP contribution in [-0.4, -0.2) is 15.1 Å². The van der Waals surface area contributed by atoms with E-state index >= 15 is 0 Å². The number of nitriles is 1. The molecule has 0 saturated heterocycles. The highest BCUT2D eigenvalue weighted by atomic mass is 16.4. The molecule has 4 rings (SSSR count). The van der Waals surface area contributed by atoms with Gasteiger partial charge in [0.15, 0.2) is 11.2 Å². The summed E-state index contributed by atoms with van der Waals surface area (Å²) in [5.41, 5.74) is 4.69. The highest BCUT2D eigenvalue weighted by molar-refractivity contribution is 5.76. The second-order valence-electron chi connectivity index (χ2n) is 7.39. The highest BCUT2D eigenvalue weighted by Crippen LogP contribution is 2.27. The van der Waals surface area contributed by atoms with Crippen molar-refractivity contribution < 1.29 is 9.52 Å². The molecule has 1 N–H and O–H groups in total. The molecule has 0 aliphatic heterocycles. The summed E-state index contributed by atoms with van der Waals surface area (Å²) in [6.45, 7) is 0. The quantitative estimate of drug-likeness (QED) is 0.391. The molecule has 5 nitrogen and oxygen atoms in total. The van der Waals surface area contributed by atoms with Crippen molar-refractivity contribution in [2.75, 3.05) is 0 Å². The van der Waals surface area contributed by atoms with Crippen LogP contribution in [0.25, 0.3) is 22.4 Å². The van der Waals surface area contributed by atoms with Gasteiger partial charge in [-0.1, -0.05) is 55.3 Å². The Kier molecular flexibility index (Phi) is 6.17. The molecule has 0 saturated carbocycles. The van der Waals surface area contributed by atoms with E-state index in [1.54, 1.807) is 12.3 Å². The SMILES string of the molecule is N#Cc1cccc(-c2cnc3nc(C(O)CCCCCc4ccccc4)oc3c2)c1. The average molecular weight is 397 g/mol. The minimum Gasteiger partial charge on any atom is -0.436 e.